The zero-order valence-corrected chi connectivity index (χ0v) is 18.6. The maximum Gasteiger partial charge on any atom is 0.306 e. The molecule has 0 saturated carbocycles. The highest BCUT2D eigenvalue weighted by atomic mass is 79.9. The van der Waals surface area contributed by atoms with E-state index in [9.17, 15) is 4.79 Å². The van der Waals surface area contributed by atoms with Gasteiger partial charge in [-0.05, 0) is 38.5 Å². The molecule has 0 amide bonds. The van der Waals surface area contributed by atoms with E-state index in [1.54, 1.807) is 0 Å². The van der Waals surface area contributed by atoms with Gasteiger partial charge in [0.1, 0.15) is 6.10 Å². The molecule has 0 N–H and O–H groups in total. The number of halogens is 1. The van der Waals surface area contributed by atoms with E-state index in [2.05, 4.69) is 29.8 Å². The summed E-state index contributed by atoms with van der Waals surface area (Å²) < 4.78 is 5.82. The third-order valence-electron chi connectivity index (χ3n) is 4.82. The number of ether oxygens (including phenoxy) is 1. The summed E-state index contributed by atoms with van der Waals surface area (Å²) in [4.78, 5) is 12.1. The zero-order valence-electron chi connectivity index (χ0n) is 17.0. The van der Waals surface area contributed by atoms with Crippen LogP contribution in [0.5, 0.6) is 0 Å². The Morgan fingerprint density at radius 1 is 0.720 bits per heavy atom. The monoisotopic (exact) mass is 418 g/mol. The van der Waals surface area contributed by atoms with Crippen LogP contribution in [0.1, 0.15) is 123 Å². The normalized spacial score (nSPS) is 12.3. The molecule has 2 nitrogen and oxygen atoms in total. The first-order chi connectivity index (χ1) is 12.2. The molecule has 0 saturated heterocycles. The van der Waals surface area contributed by atoms with Crippen molar-refractivity contribution in [2.75, 3.05) is 5.33 Å². The maximum absolute atomic E-state index is 12.1. The van der Waals surface area contributed by atoms with Gasteiger partial charge in [0.25, 0.3) is 0 Å². The quantitative estimate of drug-likeness (QED) is 0.121. The predicted octanol–water partition coefficient (Wildman–Crippen LogP) is 7.96. The Morgan fingerprint density at radius 3 is 1.80 bits per heavy atom. The van der Waals surface area contributed by atoms with Crippen molar-refractivity contribution in [1.82, 2.24) is 0 Å². The molecule has 0 rings (SSSR count). The van der Waals surface area contributed by atoms with Gasteiger partial charge in [0.15, 0.2) is 0 Å². The highest BCUT2D eigenvalue weighted by Gasteiger charge is 2.14. The van der Waals surface area contributed by atoms with Crippen molar-refractivity contribution in [2.24, 2.45) is 0 Å². The largest absolute Gasteiger partial charge is 0.462 e. The van der Waals surface area contributed by atoms with Gasteiger partial charge in [-0.3, -0.25) is 4.79 Å². The van der Waals surface area contributed by atoms with Crippen molar-refractivity contribution in [3.8, 4) is 0 Å². The lowest BCUT2D eigenvalue weighted by molar-refractivity contribution is -0.150. The highest BCUT2D eigenvalue weighted by Crippen LogP contribution is 2.17. The van der Waals surface area contributed by atoms with Crippen molar-refractivity contribution < 1.29 is 9.53 Å². The van der Waals surface area contributed by atoms with Crippen molar-refractivity contribution in [3.63, 3.8) is 0 Å². The fourth-order valence-corrected chi connectivity index (χ4v) is 3.57. The molecule has 3 heteroatoms. The van der Waals surface area contributed by atoms with Gasteiger partial charge in [0.2, 0.25) is 0 Å². The van der Waals surface area contributed by atoms with Crippen molar-refractivity contribution in [3.05, 3.63) is 0 Å². The summed E-state index contributed by atoms with van der Waals surface area (Å²) in [5, 5.41) is 1.07. The van der Waals surface area contributed by atoms with Crippen molar-refractivity contribution in [1.29, 1.82) is 0 Å². The van der Waals surface area contributed by atoms with Crippen molar-refractivity contribution >= 4 is 21.9 Å². The van der Waals surface area contributed by atoms with Gasteiger partial charge in [-0.25, -0.2) is 0 Å². The van der Waals surface area contributed by atoms with Gasteiger partial charge in [0.05, 0.1) is 0 Å². The van der Waals surface area contributed by atoms with Gasteiger partial charge in [-0.15, -0.1) is 0 Å². The molecule has 0 bridgehead atoms. The standard InChI is InChI=1S/C22H43BrO2/c1-3-5-7-9-10-14-18-21(17-13-8-6-4-2)25-22(24)19-15-11-12-16-20-23/h21H,3-20H2,1-2H3. The van der Waals surface area contributed by atoms with Gasteiger partial charge in [0, 0.05) is 11.8 Å². The smallest absolute Gasteiger partial charge is 0.306 e. The molecule has 0 aliphatic rings. The van der Waals surface area contributed by atoms with Crippen LogP contribution in [0, 0.1) is 0 Å². The third kappa shape index (κ3) is 18.5. The minimum atomic E-state index is 0.0327. The molecule has 1 unspecified atom stereocenters. The van der Waals surface area contributed by atoms with Crippen LogP contribution in [0.4, 0.5) is 0 Å². The molecule has 0 heterocycles. The second kappa shape index (κ2) is 20.3. The molecular weight excluding hydrogens is 376 g/mol. The van der Waals surface area contributed by atoms with Crippen LogP contribution in [0.25, 0.3) is 0 Å². The Balaban J connectivity index is 3.95. The number of carbonyl (C=O) groups is 1. The van der Waals surface area contributed by atoms with Crippen LogP contribution >= 0.6 is 15.9 Å². The summed E-state index contributed by atoms with van der Waals surface area (Å²) in [6.45, 7) is 4.50. The Bertz CT molecular complexity index is 281. The van der Waals surface area contributed by atoms with E-state index in [0.717, 1.165) is 31.0 Å². The average molecular weight is 419 g/mol. The number of alkyl halides is 1. The van der Waals surface area contributed by atoms with Gasteiger partial charge < -0.3 is 4.74 Å². The lowest BCUT2D eigenvalue weighted by Gasteiger charge is -2.18. The highest BCUT2D eigenvalue weighted by molar-refractivity contribution is 9.09. The van der Waals surface area contributed by atoms with Gasteiger partial charge >= 0.3 is 5.97 Å². The van der Waals surface area contributed by atoms with Gasteiger partial charge in [-0.2, -0.15) is 0 Å². The molecule has 0 aromatic carbocycles. The Hall–Kier alpha value is -0.0500. The molecule has 0 aliphatic carbocycles. The predicted molar refractivity (Wildman–Crippen MR) is 114 cm³/mol. The third-order valence-corrected chi connectivity index (χ3v) is 5.38. The number of esters is 1. The van der Waals surface area contributed by atoms with Crippen LogP contribution in [0.2, 0.25) is 0 Å². The van der Waals surface area contributed by atoms with E-state index in [0.29, 0.717) is 6.42 Å². The van der Waals surface area contributed by atoms with Crippen LogP contribution in [0.15, 0.2) is 0 Å². The summed E-state index contributed by atoms with van der Waals surface area (Å²) in [6.07, 6.45) is 20.3. The second-order valence-corrected chi connectivity index (χ2v) is 8.16. The van der Waals surface area contributed by atoms with Crippen molar-refractivity contribution in [2.45, 2.75) is 129 Å². The fourth-order valence-electron chi connectivity index (χ4n) is 3.18. The molecule has 0 aliphatic heterocycles. The summed E-state index contributed by atoms with van der Waals surface area (Å²) in [5.74, 6) is 0.0327. The summed E-state index contributed by atoms with van der Waals surface area (Å²) in [7, 11) is 0. The molecule has 150 valence electrons. The van der Waals surface area contributed by atoms with E-state index in [1.165, 1.54) is 77.0 Å². The fraction of sp³-hybridized carbons (Fsp3) is 0.955. The van der Waals surface area contributed by atoms with E-state index in [1.807, 2.05) is 0 Å². The van der Waals surface area contributed by atoms with E-state index >= 15 is 0 Å². The molecule has 0 radical (unpaired) electrons. The molecule has 0 fully saturated rings. The van der Waals surface area contributed by atoms with E-state index < -0.39 is 0 Å². The first kappa shape index (κ1) is 24.9. The SMILES string of the molecule is CCCCCCCCC(CCCCCC)OC(=O)CCCCCCBr. The number of hydrogen-bond acceptors (Lipinski definition) is 2. The Morgan fingerprint density at radius 2 is 1.20 bits per heavy atom. The molecule has 25 heavy (non-hydrogen) atoms. The van der Waals surface area contributed by atoms with Crippen LogP contribution < -0.4 is 0 Å². The molecule has 1 atom stereocenters. The average Bonchev–Trinajstić information content (AvgIpc) is 2.61. The summed E-state index contributed by atoms with van der Waals surface area (Å²) in [5.41, 5.74) is 0. The van der Waals surface area contributed by atoms with Crippen LogP contribution in [-0.4, -0.2) is 17.4 Å². The Kier molecular flexibility index (Phi) is 20.2. The number of hydrogen-bond donors (Lipinski definition) is 0. The minimum absolute atomic E-state index is 0.0327. The first-order valence-electron chi connectivity index (χ1n) is 11.0. The molecular formula is C22H43BrO2. The summed E-state index contributed by atoms with van der Waals surface area (Å²) in [6, 6.07) is 0. The zero-order chi connectivity index (χ0) is 18.6. The second-order valence-electron chi connectivity index (χ2n) is 7.37. The molecule has 0 spiro atoms. The van der Waals surface area contributed by atoms with E-state index in [4.69, 9.17) is 4.74 Å². The number of carbonyl (C=O) groups excluding carboxylic acids is 1. The lowest BCUT2D eigenvalue weighted by atomic mass is 10.0. The van der Waals surface area contributed by atoms with E-state index in [-0.39, 0.29) is 12.1 Å². The molecule has 0 aromatic heterocycles. The first-order valence-corrected chi connectivity index (χ1v) is 12.1. The van der Waals surface area contributed by atoms with Gasteiger partial charge in [-0.1, -0.05) is 94.0 Å². The molecule has 0 aromatic rings. The number of rotatable bonds is 19. The van der Waals surface area contributed by atoms with Crippen LogP contribution in [-0.2, 0) is 9.53 Å². The lowest BCUT2D eigenvalue weighted by Crippen LogP contribution is -2.18. The summed E-state index contributed by atoms with van der Waals surface area (Å²) >= 11 is 3.45. The van der Waals surface area contributed by atoms with Crippen LogP contribution in [0.3, 0.4) is 0 Å². The number of unbranched alkanes of at least 4 members (excludes halogenated alkanes) is 11. The maximum atomic E-state index is 12.1. The Labute approximate surface area is 166 Å². The minimum Gasteiger partial charge on any atom is -0.462 e. The topological polar surface area (TPSA) is 26.3 Å².